The molecule has 1 aliphatic heterocycles. The summed E-state index contributed by atoms with van der Waals surface area (Å²) in [6, 6.07) is 8.01. The van der Waals surface area contributed by atoms with Gasteiger partial charge in [-0.3, -0.25) is 4.79 Å². The highest BCUT2D eigenvalue weighted by atomic mass is 32.2. The van der Waals surface area contributed by atoms with Crippen molar-refractivity contribution in [3.8, 4) is 0 Å². The van der Waals surface area contributed by atoms with E-state index >= 15 is 0 Å². The molecule has 0 saturated carbocycles. The van der Waals surface area contributed by atoms with Gasteiger partial charge in [0.1, 0.15) is 5.25 Å². The quantitative estimate of drug-likeness (QED) is 0.769. The Labute approximate surface area is 101 Å². The van der Waals surface area contributed by atoms with E-state index in [-0.39, 0.29) is 11.2 Å². The van der Waals surface area contributed by atoms with Gasteiger partial charge in [-0.05, 0) is 12.1 Å². The number of hydrogen-bond donors (Lipinski definition) is 0. The van der Waals surface area contributed by atoms with Crippen LogP contribution in [0.5, 0.6) is 0 Å². The third-order valence-corrected chi connectivity index (χ3v) is 4.78. The number of ether oxygens (including phenoxy) is 1. The maximum absolute atomic E-state index is 11.3. The van der Waals surface area contributed by atoms with Crippen LogP contribution in [-0.2, 0) is 9.53 Å². The van der Waals surface area contributed by atoms with Crippen molar-refractivity contribution in [2.24, 2.45) is 0 Å². The highest BCUT2D eigenvalue weighted by Crippen LogP contribution is 2.34. The predicted molar refractivity (Wildman–Crippen MR) is 64.8 cm³/mol. The van der Waals surface area contributed by atoms with Crippen LogP contribution in [0, 0.1) is 0 Å². The molecule has 1 atom stereocenters. The minimum absolute atomic E-state index is 0.0689. The molecule has 2 heterocycles. The van der Waals surface area contributed by atoms with Crippen LogP contribution < -0.4 is 0 Å². The van der Waals surface area contributed by atoms with Crippen molar-refractivity contribution in [1.82, 2.24) is 4.98 Å². The summed E-state index contributed by atoms with van der Waals surface area (Å²) >= 11 is 3.15. The minimum Gasteiger partial charge on any atom is -0.465 e. The fourth-order valence-electron chi connectivity index (χ4n) is 1.61. The lowest BCUT2D eigenvalue weighted by Gasteiger charge is -1.99. The predicted octanol–water partition coefficient (Wildman–Crippen LogP) is 2.70. The standard InChI is InChI=1S/C11H9NO2S2/c13-10-9(5-6-14-10)16-11-12-7-3-1-2-4-8(7)15-11/h1-4,9H,5-6H2/t9-/m0/s1. The van der Waals surface area contributed by atoms with Crippen LogP contribution in [0.2, 0.25) is 0 Å². The van der Waals surface area contributed by atoms with E-state index in [0.29, 0.717) is 6.61 Å². The van der Waals surface area contributed by atoms with E-state index < -0.39 is 0 Å². The van der Waals surface area contributed by atoms with Gasteiger partial charge in [-0.2, -0.15) is 0 Å². The third-order valence-electron chi connectivity index (χ3n) is 2.40. The number of cyclic esters (lactones) is 1. The molecule has 0 bridgehead atoms. The Morgan fingerprint density at radius 1 is 1.44 bits per heavy atom. The smallest absolute Gasteiger partial charge is 0.319 e. The highest BCUT2D eigenvalue weighted by Gasteiger charge is 2.28. The number of carbonyl (C=O) groups is 1. The molecule has 0 N–H and O–H groups in total. The molecule has 0 aliphatic carbocycles. The molecule has 0 amide bonds. The van der Waals surface area contributed by atoms with Gasteiger partial charge in [-0.25, -0.2) is 4.98 Å². The highest BCUT2D eigenvalue weighted by molar-refractivity contribution is 8.02. The van der Waals surface area contributed by atoms with Gasteiger partial charge in [0.25, 0.3) is 0 Å². The number of aromatic nitrogens is 1. The largest absolute Gasteiger partial charge is 0.465 e. The van der Waals surface area contributed by atoms with Crippen LogP contribution in [0.1, 0.15) is 6.42 Å². The summed E-state index contributed by atoms with van der Waals surface area (Å²) in [5, 5.41) is -0.0689. The number of hydrogen-bond acceptors (Lipinski definition) is 5. The number of para-hydroxylation sites is 1. The molecule has 1 aromatic carbocycles. The fourth-order valence-corrected chi connectivity index (χ4v) is 3.89. The molecule has 3 rings (SSSR count). The second-order valence-corrected chi connectivity index (χ2v) is 5.99. The van der Waals surface area contributed by atoms with Gasteiger partial charge in [0, 0.05) is 6.42 Å². The van der Waals surface area contributed by atoms with Crippen LogP contribution in [0.15, 0.2) is 28.6 Å². The van der Waals surface area contributed by atoms with Crippen molar-refractivity contribution in [3.05, 3.63) is 24.3 Å². The molecule has 3 nitrogen and oxygen atoms in total. The Morgan fingerprint density at radius 2 is 2.31 bits per heavy atom. The normalized spacial score (nSPS) is 20.2. The molecule has 82 valence electrons. The van der Waals surface area contributed by atoms with Crippen molar-refractivity contribution < 1.29 is 9.53 Å². The van der Waals surface area contributed by atoms with Crippen molar-refractivity contribution >= 4 is 39.3 Å². The molecular formula is C11H9NO2S2. The number of rotatable bonds is 2. The summed E-state index contributed by atoms with van der Waals surface area (Å²) in [6.07, 6.45) is 0.791. The summed E-state index contributed by atoms with van der Waals surface area (Å²) in [4.78, 5) is 15.8. The van der Waals surface area contributed by atoms with Gasteiger partial charge in [-0.15, -0.1) is 11.3 Å². The van der Waals surface area contributed by atoms with E-state index in [4.69, 9.17) is 4.74 Å². The van der Waals surface area contributed by atoms with Gasteiger partial charge in [0.2, 0.25) is 0 Å². The van der Waals surface area contributed by atoms with Gasteiger partial charge in [0.05, 0.1) is 16.8 Å². The lowest BCUT2D eigenvalue weighted by molar-refractivity contribution is -0.137. The van der Waals surface area contributed by atoms with Crippen LogP contribution in [0.4, 0.5) is 0 Å². The van der Waals surface area contributed by atoms with Crippen molar-refractivity contribution in [2.45, 2.75) is 16.0 Å². The number of benzene rings is 1. The molecule has 0 radical (unpaired) electrons. The Hall–Kier alpha value is -1.07. The van der Waals surface area contributed by atoms with E-state index in [2.05, 4.69) is 4.98 Å². The van der Waals surface area contributed by atoms with E-state index in [0.717, 1.165) is 21.0 Å². The number of thiazole rings is 1. The number of nitrogens with zero attached hydrogens (tertiary/aromatic N) is 1. The van der Waals surface area contributed by atoms with Crippen LogP contribution >= 0.6 is 23.1 Å². The molecular weight excluding hydrogens is 242 g/mol. The summed E-state index contributed by atoms with van der Waals surface area (Å²) in [6.45, 7) is 0.543. The van der Waals surface area contributed by atoms with Crippen molar-refractivity contribution in [1.29, 1.82) is 0 Å². The van der Waals surface area contributed by atoms with Crippen LogP contribution in [0.25, 0.3) is 10.2 Å². The van der Waals surface area contributed by atoms with E-state index in [1.54, 1.807) is 11.3 Å². The second-order valence-electron chi connectivity index (χ2n) is 3.51. The molecule has 1 aromatic heterocycles. The Balaban J connectivity index is 1.86. The van der Waals surface area contributed by atoms with Crippen LogP contribution in [-0.4, -0.2) is 22.8 Å². The van der Waals surface area contributed by atoms with Crippen molar-refractivity contribution in [2.75, 3.05) is 6.61 Å². The van der Waals surface area contributed by atoms with Gasteiger partial charge in [-0.1, -0.05) is 23.9 Å². The number of fused-ring (bicyclic) bond motifs is 1. The molecule has 0 spiro atoms. The Kier molecular flexibility index (Phi) is 2.57. The summed E-state index contributed by atoms with van der Waals surface area (Å²) in [5.41, 5.74) is 1.00. The number of esters is 1. The third kappa shape index (κ3) is 1.81. The van der Waals surface area contributed by atoms with Gasteiger partial charge >= 0.3 is 5.97 Å². The zero-order chi connectivity index (χ0) is 11.0. The summed E-state index contributed by atoms with van der Waals surface area (Å²) in [5.74, 6) is -0.107. The molecule has 1 fully saturated rings. The zero-order valence-electron chi connectivity index (χ0n) is 8.38. The molecule has 2 aromatic rings. The molecule has 1 aliphatic rings. The maximum Gasteiger partial charge on any atom is 0.319 e. The topological polar surface area (TPSA) is 39.2 Å². The SMILES string of the molecule is O=C1OCC[C@@H]1Sc1nc2ccccc2s1. The number of carbonyl (C=O) groups excluding carboxylic acids is 1. The molecule has 1 saturated heterocycles. The monoisotopic (exact) mass is 251 g/mol. The van der Waals surface area contributed by atoms with Crippen molar-refractivity contribution in [3.63, 3.8) is 0 Å². The van der Waals surface area contributed by atoms with Gasteiger partial charge < -0.3 is 4.74 Å². The second kappa shape index (κ2) is 4.07. The first-order chi connectivity index (χ1) is 7.83. The Morgan fingerprint density at radius 3 is 3.06 bits per heavy atom. The number of thioether (sulfide) groups is 1. The van der Waals surface area contributed by atoms with E-state index in [1.165, 1.54) is 11.8 Å². The fraction of sp³-hybridized carbons (Fsp3) is 0.273. The summed E-state index contributed by atoms with van der Waals surface area (Å²) < 4.78 is 7.04. The minimum atomic E-state index is -0.107. The first-order valence-electron chi connectivity index (χ1n) is 5.02. The van der Waals surface area contributed by atoms with E-state index in [9.17, 15) is 4.79 Å². The van der Waals surface area contributed by atoms with Crippen LogP contribution in [0.3, 0.4) is 0 Å². The first-order valence-corrected chi connectivity index (χ1v) is 6.71. The molecule has 16 heavy (non-hydrogen) atoms. The van der Waals surface area contributed by atoms with Gasteiger partial charge in [0.15, 0.2) is 4.34 Å². The molecule has 5 heteroatoms. The maximum atomic E-state index is 11.3. The average molecular weight is 251 g/mol. The molecule has 0 unspecified atom stereocenters. The van der Waals surface area contributed by atoms with E-state index in [1.807, 2.05) is 24.3 Å². The summed E-state index contributed by atoms with van der Waals surface area (Å²) in [7, 11) is 0. The first kappa shape index (κ1) is 10.1. The Bertz CT molecular complexity index is 505. The average Bonchev–Trinajstić information content (AvgIpc) is 2.85. The lowest BCUT2D eigenvalue weighted by atomic mass is 10.3. The zero-order valence-corrected chi connectivity index (χ0v) is 10.0. The lowest BCUT2D eigenvalue weighted by Crippen LogP contribution is -2.08.